The smallest absolute Gasteiger partial charge is 0.262 e. The molecule has 0 aliphatic rings. The Balaban J connectivity index is 3.04. The molecule has 2 N–H and O–H groups in total. The topological polar surface area (TPSA) is 81.2 Å². The molecule has 0 fully saturated rings. The van der Waals surface area contributed by atoms with E-state index in [1.54, 1.807) is 24.7 Å². The van der Waals surface area contributed by atoms with Gasteiger partial charge in [0.1, 0.15) is 5.82 Å². The molecule has 0 unspecified atom stereocenters. The van der Waals surface area contributed by atoms with Crippen LogP contribution in [-0.2, 0) is 17.1 Å². The summed E-state index contributed by atoms with van der Waals surface area (Å²) in [5, 5.41) is 0.116. The van der Waals surface area contributed by atoms with E-state index in [1.807, 2.05) is 13.8 Å². The van der Waals surface area contributed by atoms with Gasteiger partial charge in [0.2, 0.25) is 0 Å². The number of nitrogens with two attached hydrogens (primary N) is 1. The van der Waals surface area contributed by atoms with Crippen LogP contribution in [0, 0.1) is 12.8 Å². The number of sulfonamides is 1. The fourth-order valence-electron chi connectivity index (χ4n) is 1.77. The van der Waals surface area contributed by atoms with Crippen molar-refractivity contribution in [2.24, 2.45) is 18.7 Å². The van der Waals surface area contributed by atoms with Crippen LogP contribution < -0.4 is 5.73 Å². The third-order valence-electron chi connectivity index (χ3n) is 2.87. The maximum Gasteiger partial charge on any atom is 0.262 e. The van der Waals surface area contributed by atoms with E-state index in [0.717, 1.165) is 0 Å². The summed E-state index contributed by atoms with van der Waals surface area (Å²) >= 11 is 0. The number of nitrogens with zero attached hydrogens (tertiary/aromatic N) is 3. The second kappa shape index (κ2) is 6.49. The highest BCUT2D eigenvalue weighted by molar-refractivity contribution is 7.89. The van der Waals surface area contributed by atoms with Gasteiger partial charge in [-0.3, -0.25) is 0 Å². The second-order valence-electron chi connectivity index (χ2n) is 5.14. The van der Waals surface area contributed by atoms with Gasteiger partial charge in [-0.05, 0) is 25.8 Å². The highest BCUT2D eigenvalue weighted by atomic mass is 32.2. The highest BCUT2D eigenvalue weighted by Gasteiger charge is 2.27. The first-order valence-corrected chi connectivity index (χ1v) is 7.93. The molecule has 1 aromatic heterocycles. The molecule has 0 amide bonds. The molecule has 1 aromatic rings. The van der Waals surface area contributed by atoms with Gasteiger partial charge in [-0.15, -0.1) is 0 Å². The third-order valence-corrected chi connectivity index (χ3v) is 4.61. The van der Waals surface area contributed by atoms with Crippen LogP contribution in [0.4, 0.5) is 0 Å². The number of imidazole rings is 1. The van der Waals surface area contributed by atoms with Gasteiger partial charge in [0.05, 0.1) is 0 Å². The molecule has 6 nitrogen and oxygen atoms in total. The average molecular weight is 288 g/mol. The summed E-state index contributed by atoms with van der Waals surface area (Å²) < 4.78 is 28.3. The van der Waals surface area contributed by atoms with Crippen LogP contribution in [0.25, 0.3) is 0 Å². The van der Waals surface area contributed by atoms with Crippen molar-refractivity contribution >= 4 is 10.0 Å². The first kappa shape index (κ1) is 16.1. The zero-order valence-corrected chi connectivity index (χ0v) is 12.9. The van der Waals surface area contributed by atoms with Gasteiger partial charge in [0, 0.05) is 26.3 Å². The van der Waals surface area contributed by atoms with Crippen LogP contribution in [0.1, 0.15) is 26.1 Å². The SMILES string of the molecule is Cc1nc(S(=O)(=O)N(CCCN)CC(C)C)cn1C. The molecule has 0 aromatic carbocycles. The molecule has 0 radical (unpaired) electrons. The van der Waals surface area contributed by atoms with Gasteiger partial charge in [-0.1, -0.05) is 13.8 Å². The van der Waals surface area contributed by atoms with E-state index in [4.69, 9.17) is 5.73 Å². The molecule has 0 atom stereocenters. The zero-order chi connectivity index (χ0) is 14.6. The van der Waals surface area contributed by atoms with Crippen LogP contribution in [0.3, 0.4) is 0 Å². The third kappa shape index (κ3) is 4.02. The van der Waals surface area contributed by atoms with Crippen LogP contribution in [0.2, 0.25) is 0 Å². The minimum Gasteiger partial charge on any atom is -0.337 e. The lowest BCUT2D eigenvalue weighted by molar-refractivity contribution is 0.363. The minimum atomic E-state index is -3.52. The lowest BCUT2D eigenvalue weighted by atomic mass is 10.2. The highest BCUT2D eigenvalue weighted by Crippen LogP contribution is 2.16. The van der Waals surface area contributed by atoms with Crippen molar-refractivity contribution in [3.8, 4) is 0 Å². The second-order valence-corrected chi connectivity index (χ2v) is 7.02. The standard InChI is InChI=1S/C12H24N4O2S/c1-10(2)8-16(7-5-6-13)19(17,18)12-9-15(4)11(3)14-12/h9-10H,5-8,13H2,1-4H3. The summed E-state index contributed by atoms with van der Waals surface area (Å²) in [6, 6.07) is 0. The summed E-state index contributed by atoms with van der Waals surface area (Å²) in [4.78, 5) is 4.12. The van der Waals surface area contributed by atoms with E-state index in [-0.39, 0.29) is 10.9 Å². The Hall–Kier alpha value is -0.920. The van der Waals surface area contributed by atoms with E-state index in [0.29, 0.717) is 31.9 Å². The Bertz CT molecular complexity index is 488. The summed E-state index contributed by atoms with van der Waals surface area (Å²) in [6.45, 7) is 7.17. The zero-order valence-electron chi connectivity index (χ0n) is 12.1. The van der Waals surface area contributed by atoms with Crippen LogP contribution in [0.5, 0.6) is 0 Å². The quantitative estimate of drug-likeness (QED) is 0.801. The predicted molar refractivity (Wildman–Crippen MR) is 75.2 cm³/mol. The molecule has 0 bridgehead atoms. The predicted octanol–water partition coefficient (Wildman–Crippen LogP) is 0.724. The molecule has 0 saturated heterocycles. The minimum absolute atomic E-state index is 0.116. The molecular formula is C12H24N4O2S. The number of hydrogen-bond acceptors (Lipinski definition) is 4. The molecule has 0 aliphatic heterocycles. The Morgan fingerprint density at radius 2 is 2.11 bits per heavy atom. The van der Waals surface area contributed by atoms with Gasteiger partial charge in [0.25, 0.3) is 10.0 Å². The first-order valence-electron chi connectivity index (χ1n) is 6.49. The number of hydrogen-bond donors (Lipinski definition) is 1. The van der Waals surface area contributed by atoms with Gasteiger partial charge in [-0.25, -0.2) is 13.4 Å². The van der Waals surface area contributed by atoms with E-state index >= 15 is 0 Å². The molecule has 0 aliphatic carbocycles. The summed E-state index contributed by atoms with van der Waals surface area (Å²) in [7, 11) is -1.74. The van der Waals surface area contributed by atoms with Crippen molar-refractivity contribution < 1.29 is 8.42 Å². The van der Waals surface area contributed by atoms with Crippen LogP contribution in [0.15, 0.2) is 11.2 Å². The van der Waals surface area contributed by atoms with Crippen molar-refractivity contribution in [2.45, 2.75) is 32.2 Å². The Labute approximate surface area is 115 Å². The van der Waals surface area contributed by atoms with Crippen LogP contribution in [-0.4, -0.2) is 41.9 Å². The Morgan fingerprint density at radius 3 is 2.53 bits per heavy atom. The molecule has 0 spiro atoms. The maximum absolute atomic E-state index is 12.5. The fraction of sp³-hybridized carbons (Fsp3) is 0.750. The van der Waals surface area contributed by atoms with E-state index in [2.05, 4.69) is 4.98 Å². The molecule has 0 saturated carbocycles. The summed E-state index contributed by atoms with van der Waals surface area (Å²) in [5.41, 5.74) is 5.48. The van der Waals surface area contributed by atoms with Crippen molar-refractivity contribution in [1.82, 2.24) is 13.9 Å². The molecule has 19 heavy (non-hydrogen) atoms. The van der Waals surface area contributed by atoms with Crippen molar-refractivity contribution in [3.05, 3.63) is 12.0 Å². The fourth-order valence-corrected chi connectivity index (χ4v) is 3.43. The number of aryl methyl sites for hydroxylation is 2. The molecule has 7 heteroatoms. The van der Waals surface area contributed by atoms with E-state index in [9.17, 15) is 8.42 Å². The Morgan fingerprint density at radius 1 is 1.47 bits per heavy atom. The van der Waals surface area contributed by atoms with Gasteiger partial charge >= 0.3 is 0 Å². The summed E-state index contributed by atoms with van der Waals surface area (Å²) in [5.74, 6) is 0.944. The van der Waals surface area contributed by atoms with E-state index < -0.39 is 10.0 Å². The largest absolute Gasteiger partial charge is 0.337 e. The first-order chi connectivity index (χ1) is 8.78. The van der Waals surface area contributed by atoms with Crippen molar-refractivity contribution in [2.75, 3.05) is 19.6 Å². The maximum atomic E-state index is 12.5. The monoisotopic (exact) mass is 288 g/mol. The number of aromatic nitrogens is 2. The summed E-state index contributed by atoms with van der Waals surface area (Å²) in [6.07, 6.45) is 2.21. The van der Waals surface area contributed by atoms with Gasteiger partial charge in [-0.2, -0.15) is 4.31 Å². The molecular weight excluding hydrogens is 264 g/mol. The van der Waals surface area contributed by atoms with Gasteiger partial charge in [0.15, 0.2) is 5.03 Å². The van der Waals surface area contributed by atoms with Crippen LogP contribution >= 0.6 is 0 Å². The lowest BCUT2D eigenvalue weighted by Gasteiger charge is -2.22. The normalized spacial score (nSPS) is 12.6. The Kier molecular flexibility index (Phi) is 5.51. The lowest BCUT2D eigenvalue weighted by Crippen LogP contribution is -2.36. The van der Waals surface area contributed by atoms with Crippen molar-refractivity contribution in [3.63, 3.8) is 0 Å². The van der Waals surface area contributed by atoms with E-state index in [1.165, 1.54) is 4.31 Å². The average Bonchev–Trinajstić information content (AvgIpc) is 2.65. The molecule has 110 valence electrons. The van der Waals surface area contributed by atoms with Crippen molar-refractivity contribution in [1.29, 1.82) is 0 Å². The molecule has 1 heterocycles. The molecule has 1 rings (SSSR count). The van der Waals surface area contributed by atoms with Gasteiger partial charge < -0.3 is 10.3 Å². The number of rotatable bonds is 7.